The second-order valence-electron chi connectivity index (χ2n) is 5.44. The molecule has 0 heterocycles. The predicted molar refractivity (Wildman–Crippen MR) is 104 cm³/mol. The minimum Gasteiger partial charge on any atom is -0.497 e. The van der Waals surface area contributed by atoms with Gasteiger partial charge >= 0.3 is 0 Å². The first-order valence-corrected chi connectivity index (χ1v) is 7.34. The molecule has 1 aromatic carbocycles. The Bertz CT molecular complexity index is 465. The maximum absolute atomic E-state index is 5.93. The molecule has 0 aliphatic rings. The third-order valence-corrected chi connectivity index (χ3v) is 3.54. The van der Waals surface area contributed by atoms with E-state index in [1.165, 1.54) is 5.56 Å². The molecule has 5 nitrogen and oxygen atoms in total. The SMILES string of the molecule is CCC(C)NC(N)=NCC(c1cccc(OC)c1)N(C)C.I. The largest absolute Gasteiger partial charge is 0.497 e. The normalized spacial score (nSPS) is 14.2. The number of methoxy groups -OCH3 is 1. The summed E-state index contributed by atoms with van der Waals surface area (Å²) < 4.78 is 5.29. The highest BCUT2D eigenvalue weighted by Crippen LogP contribution is 2.22. The van der Waals surface area contributed by atoms with Crippen LogP contribution in [0, 0.1) is 0 Å². The molecule has 0 aliphatic heterocycles. The summed E-state index contributed by atoms with van der Waals surface area (Å²) >= 11 is 0. The van der Waals surface area contributed by atoms with Gasteiger partial charge in [0.25, 0.3) is 0 Å². The van der Waals surface area contributed by atoms with E-state index in [4.69, 9.17) is 10.5 Å². The maximum Gasteiger partial charge on any atom is 0.188 e. The highest BCUT2D eigenvalue weighted by Gasteiger charge is 2.14. The van der Waals surface area contributed by atoms with E-state index in [2.05, 4.69) is 35.1 Å². The van der Waals surface area contributed by atoms with Crippen molar-refractivity contribution in [3.63, 3.8) is 0 Å². The van der Waals surface area contributed by atoms with Gasteiger partial charge in [-0.15, -0.1) is 24.0 Å². The molecule has 126 valence electrons. The van der Waals surface area contributed by atoms with Crippen molar-refractivity contribution >= 4 is 29.9 Å². The van der Waals surface area contributed by atoms with Gasteiger partial charge in [0.1, 0.15) is 5.75 Å². The van der Waals surface area contributed by atoms with Gasteiger partial charge in [0.15, 0.2) is 5.96 Å². The fourth-order valence-corrected chi connectivity index (χ4v) is 2.00. The van der Waals surface area contributed by atoms with Crippen molar-refractivity contribution in [2.75, 3.05) is 27.7 Å². The van der Waals surface area contributed by atoms with Crippen molar-refractivity contribution in [2.24, 2.45) is 10.7 Å². The number of rotatable bonds is 7. The third-order valence-electron chi connectivity index (χ3n) is 3.54. The van der Waals surface area contributed by atoms with E-state index in [0.717, 1.165) is 12.2 Å². The van der Waals surface area contributed by atoms with Crippen molar-refractivity contribution in [1.29, 1.82) is 0 Å². The molecule has 0 spiro atoms. The standard InChI is InChI=1S/C16H28N4O.HI/c1-6-12(2)19-16(17)18-11-15(20(3)4)13-8-7-9-14(10-13)21-5;/h7-10,12,15H,6,11H2,1-5H3,(H3,17,18,19);1H. The molecule has 0 aliphatic carbocycles. The Hall–Kier alpha value is -1.02. The summed E-state index contributed by atoms with van der Waals surface area (Å²) in [5.41, 5.74) is 7.09. The highest BCUT2D eigenvalue weighted by atomic mass is 127. The number of aliphatic imine (C=N–C) groups is 1. The van der Waals surface area contributed by atoms with Crippen molar-refractivity contribution in [3.8, 4) is 5.75 Å². The summed E-state index contributed by atoms with van der Waals surface area (Å²) in [5.74, 6) is 1.35. The van der Waals surface area contributed by atoms with E-state index < -0.39 is 0 Å². The molecule has 0 radical (unpaired) electrons. The quantitative estimate of drug-likeness (QED) is 0.405. The first-order chi connectivity index (χ1) is 9.97. The number of hydrogen-bond donors (Lipinski definition) is 2. The number of nitrogens with one attached hydrogen (secondary N) is 1. The van der Waals surface area contributed by atoms with Gasteiger partial charge in [-0.05, 0) is 45.1 Å². The molecule has 0 aromatic heterocycles. The minimum atomic E-state index is 0. The topological polar surface area (TPSA) is 62.9 Å². The number of benzene rings is 1. The molecule has 22 heavy (non-hydrogen) atoms. The number of ether oxygens (including phenoxy) is 1. The lowest BCUT2D eigenvalue weighted by Gasteiger charge is -2.24. The summed E-state index contributed by atoms with van der Waals surface area (Å²) in [6.45, 7) is 4.81. The van der Waals surface area contributed by atoms with Gasteiger partial charge in [-0.1, -0.05) is 19.1 Å². The average molecular weight is 420 g/mol. The van der Waals surface area contributed by atoms with E-state index >= 15 is 0 Å². The van der Waals surface area contributed by atoms with Crippen LogP contribution in [0.4, 0.5) is 0 Å². The van der Waals surface area contributed by atoms with Gasteiger partial charge in [0.05, 0.1) is 19.7 Å². The second-order valence-corrected chi connectivity index (χ2v) is 5.44. The van der Waals surface area contributed by atoms with Crippen LogP contribution in [-0.2, 0) is 0 Å². The Morgan fingerprint density at radius 2 is 2.09 bits per heavy atom. The molecule has 0 bridgehead atoms. The first-order valence-electron chi connectivity index (χ1n) is 7.34. The average Bonchev–Trinajstić information content (AvgIpc) is 2.47. The lowest BCUT2D eigenvalue weighted by atomic mass is 10.1. The zero-order valence-corrected chi connectivity index (χ0v) is 16.5. The molecule has 3 N–H and O–H groups in total. The van der Waals surface area contributed by atoms with Crippen LogP contribution in [0.25, 0.3) is 0 Å². The summed E-state index contributed by atoms with van der Waals surface area (Å²) in [4.78, 5) is 6.60. The molecule has 0 fully saturated rings. The Balaban J connectivity index is 0.00000441. The van der Waals surface area contributed by atoms with Crippen LogP contribution in [0.5, 0.6) is 5.75 Å². The van der Waals surface area contributed by atoms with Crippen LogP contribution < -0.4 is 15.8 Å². The molecule has 0 amide bonds. The zero-order chi connectivity index (χ0) is 15.8. The third kappa shape index (κ3) is 6.83. The van der Waals surface area contributed by atoms with Crippen LogP contribution in [0.15, 0.2) is 29.3 Å². The van der Waals surface area contributed by atoms with Gasteiger partial charge in [-0.2, -0.15) is 0 Å². The predicted octanol–water partition coefficient (Wildman–Crippen LogP) is 2.62. The van der Waals surface area contributed by atoms with Crippen LogP contribution in [0.2, 0.25) is 0 Å². The van der Waals surface area contributed by atoms with Crippen molar-refractivity contribution < 1.29 is 4.74 Å². The second kappa shape index (κ2) is 10.7. The highest BCUT2D eigenvalue weighted by molar-refractivity contribution is 14.0. The molecule has 1 rings (SSSR count). The summed E-state index contributed by atoms with van der Waals surface area (Å²) in [6.07, 6.45) is 1.02. The Labute approximate surface area is 151 Å². The van der Waals surface area contributed by atoms with Crippen LogP contribution in [0.1, 0.15) is 31.9 Å². The number of nitrogens with zero attached hydrogens (tertiary/aromatic N) is 2. The zero-order valence-electron chi connectivity index (χ0n) is 14.2. The number of likely N-dealkylation sites (N-methyl/N-ethyl adjacent to an activating group) is 1. The van der Waals surface area contributed by atoms with Crippen LogP contribution in [-0.4, -0.2) is 44.7 Å². The number of halogens is 1. The van der Waals surface area contributed by atoms with E-state index in [1.54, 1.807) is 7.11 Å². The van der Waals surface area contributed by atoms with Gasteiger partial charge in [0.2, 0.25) is 0 Å². The Morgan fingerprint density at radius 1 is 1.41 bits per heavy atom. The summed E-state index contributed by atoms with van der Waals surface area (Å²) in [5, 5.41) is 3.18. The number of guanidine groups is 1. The summed E-state index contributed by atoms with van der Waals surface area (Å²) in [7, 11) is 5.76. The van der Waals surface area contributed by atoms with Crippen molar-refractivity contribution in [2.45, 2.75) is 32.4 Å². The number of nitrogens with two attached hydrogens (primary N) is 1. The molecule has 2 unspecified atom stereocenters. The molecule has 0 saturated heterocycles. The lowest BCUT2D eigenvalue weighted by Crippen LogP contribution is -2.38. The Morgan fingerprint density at radius 3 is 2.64 bits per heavy atom. The molecule has 6 heteroatoms. The first kappa shape index (κ1) is 21.0. The lowest BCUT2D eigenvalue weighted by molar-refractivity contribution is 0.305. The van der Waals surface area contributed by atoms with Crippen molar-refractivity contribution in [3.05, 3.63) is 29.8 Å². The molecule has 2 atom stereocenters. The molecule has 1 aromatic rings. The van der Waals surface area contributed by atoms with E-state index in [1.807, 2.05) is 32.3 Å². The molecular weight excluding hydrogens is 391 g/mol. The van der Waals surface area contributed by atoms with Crippen LogP contribution in [0.3, 0.4) is 0 Å². The van der Waals surface area contributed by atoms with E-state index in [-0.39, 0.29) is 30.0 Å². The monoisotopic (exact) mass is 420 g/mol. The molecule has 0 saturated carbocycles. The molecular formula is C16H29IN4O. The maximum atomic E-state index is 5.93. The van der Waals surface area contributed by atoms with Gasteiger partial charge in [-0.3, -0.25) is 4.99 Å². The number of hydrogen-bond acceptors (Lipinski definition) is 3. The minimum absolute atomic E-state index is 0. The van der Waals surface area contributed by atoms with Gasteiger partial charge in [0, 0.05) is 6.04 Å². The van der Waals surface area contributed by atoms with Gasteiger partial charge in [-0.25, -0.2) is 0 Å². The fourth-order valence-electron chi connectivity index (χ4n) is 2.00. The smallest absolute Gasteiger partial charge is 0.188 e. The summed E-state index contributed by atoms with van der Waals surface area (Å²) in [6, 6.07) is 8.56. The van der Waals surface area contributed by atoms with E-state index in [0.29, 0.717) is 18.5 Å². The Kier molecular flexibility index (Phi) is 10.2. The van der Waals surface area contributed by atoms with Crippen molar-refractivity contribution in [1.82, 2.24) is 10.2 Å². The van der Waals surface area contributed by atoms with Crippen LogP contribution >= 0.6 is 24.0 Å². The fraction of sp³-hybridized carbons (Fsp3) is 0.562. The van der Waals surface area contributed by atoms with Gasteiger partial charge < -0.3 is 20.7 Å². The van der Waals surface area contributed by atoms with E-state index in [9.17, 15) is 0 Å².